The van der Waals surface area contributed by atoms with Crippen LogP contribution < -0.4 is 10.2 Å². The zero-order valence-electron chi connectivity index (χ0n) is 11.7. The quantitative estimate of drug-likeness (QED) is 0.921. The van der Waals surface area contributed by atoms with Crippen molar-refractivity contribution in [3.63, 3.8) is 0 Å². The van der Waals surface area contributed by atoms with Gasteiger partial charge in [-0.25, -0.2) is 0 Å². The highest BCUT2D eigenvalue weighted by atomic mass is 35.5. The van der Waals surface area contributed by atoms with Crippen molar-refractivity contribution >= 4 is 28.8 Å². The van der Waals surface area contributed by atoms with Crippen LogP contribution in [-0.4, -0.2) is 23.9 Å². The lowest BCUT2D eigenvalue weighted by atomic mass is 10.2. The monoisotopic (exact) mass is 298 g/mol. The van der Waals surface area contributed by atoms with Gasteiger partial charge in [-0.3, -0.25) is 4.68 Å². The lowest BCUT2D eigenvalue weighted by molar-refractivity contribution is 0.725. The van der Waals surface area contributed by atoms with Crippen LogP contribution in [0.15, 0.2) is 12.1 Å². The van der Waals surface area contributed by atoms with E-state index in [1.807, 2.05) is 31.8 Å². The molecule has 2 rings (SSSR count). The predicted molar refractivity (Wildman–Crippen MR) is 82.1 cm³/mol. The van der Waals surface area contributed by atoms with Gasteiger partial charge in [-0.2, -0.15) is 5.10 Å². The summed E-state index contributed by atoms with van der Waals surface area (Å²) < 4.78 is 2.78. The van der Waals surface area contributed by atoms with Crippen LogP contribution in [0.1, 0.15) is 16.1 Å². The van der Waals surface area contributed by atoms with E-state index in [2.05, 4.69) is 28.4 Å². The van der Waals surface area contributed by atoms with Gasteiger partial charge in [-0.05, 0) is 26.1 Å². The van der Waals surface area contributed by atoms with E-state index in [9.17, 15) is 0 Å². The number of anilines is 1. The van der Waals surface area contributed by atoms with Gasteiger partial charge in [0.25, 0.3) is 0 Å². The molecule has 2 heterocycles. The first-order valence-corrected chi connectivity index (χ1v) is 7.34. The van der Waals surface area contributed by atoms with Crippen LogP contribution in [0, 0.1) is 6.92 Å². The Kier molecular flexibility index (Phi) is 4.50. The second kappa shape index (κ2) is 5.94. The summed E-state index contributed by atoms with van der Waals surface area (Å²) in [5.74, 6) is 1.15. The maximum absolute atomic E-state index is 5.98. The number of hydrogen-bond acceptors (Lipinski definition) is 4. The number of thiophene rings is 1. The average molecular weight is 299 g/mol. The van der Waals surface area contributed by atoms with Gasteiger partial charge in [0.1, 0.15) is 5.82 Å². The Hall–Kier alpha value is -1.04. The van der Waals surface area contributed by atoms with E-state index in [0.29, 0.717) is 0 Å². The zero-order valence-corrected chi connectivity index (χ0v) is 13.3. The van der Waals surface area contributed by atoms with Gasteiger partial charge in [-0.1, -0.05) is 11.6 Å². The van der Waals surface area contributed by atoms with Crippen LogP contribution in [0.4, 0.5) is 5.82 Å². The van der Waals surface area contributed by atoms with Crippen LogP contribution in [0.25, 0.3) is 0 Å². The fraction of sp³-hybridized carbons (Fsp3) is 0.462. The molecular weight excluding hydrogens is 280 g/mol. The van der Waals surface area contributed by atoms with Gasteiger partial charge < -0.3 is 10.2 Å². The molecule has 2 aromatic heterocycles. The molecule has 1 N–H and O–H groups in total. The van der Waals surface area contributed by atoms with Crippen molar-refractivity contribution in [1.29, 1.82) is 0 Å². The molecule has 0 spiro atoms. The van der Waals surface area contributed by atoms with Crippen molar-refractivity contribution in [2.45, 2.75) is 20.0 Å². The first kappa shape index (κ1) is 14.4. The molecule has 6 heteroatoms. The van der Waals surface area contributed by atoms with Gasteiger partial charge in [0.15, 0.2) is 0 Å². The number of nitrogens with one attached hydrogen (secondary N) is 1. The second-order valence-electron chi connectivity index (χ2n) is 4.60. The van der Waals surface area contributed by atoms with Gasteiger partial charge >= 0.3 is 0 Å². The molecule has 2 aromatic rings. The molecule has 0 aliphatic carbocycles. The second-order valence-corrected chi connectivity index (χ2v) is 6.40. The van der Waals surface area contributed by atoms with Crippen LogP contribution in [0.5, 0.6) is 0 Å². The van der Waals surface area contributed by atoms with E-state index in [1.54, 1.807) is 11.3 Å². The van der Waals surface area contributed by atoms with E-state index in [0.717, 1.165) is 28.9 Å². The average Bonchev–Trinajstić information content (AvgIpc) is 2.84. The third kappa shape index (κ3) is 3.11. The van der Waals surface area contributed by atoms with E-state index in [1.165, 1.54) is 10.4 Å². The molecule has 0 saturated heterocycles. The van der Waals surface area contributed by atoms with Crippen molar-refractivity contribution in [3.05, 3.63) is 32.6 Å². The smallest absolute Gasteiger partial charge is 0.131 e. The van der Waals surface area contributed by atoms with Gasteiger partial charge in [0.2, 0.25) is 0 Å². The van der Waals surface area contributed by atoms with Crippen molar-refractivity contribution < 1.29 is 0 Å². The van der Waals surface area contributed by atoms with Crippen LogP contribution >= 0.6 is 22.9 Å². The zero-order chi connectivity index (χ0) is 14.0. The summed E-state index contributed by atoms with van der Waals surface area (Å²) in [5.41, 5.74) is 2.32. The Morgan fingerprint density at radius 1 is 1.47 bits per heavy atom. The van der Waals surface area contributed by atoms with Crippen molar-refractivity contribution in [1.82, 2.24) is 15.1 Å². The summed E-state index contributed by atoms with van der Waals surface area (Å²) >= 11 is 7.60. The Balaban J connectivity index is 2.25. The SMILES string of the molecule is CNCc1c(C)nn(C)c1N(C)Cc1ccc(Cl)s1. The van der Waals surface area contributed by atoms with Crippen molar-refractivity contribution in [2.75, 3.05) is 19.0 Å². The number of aryl methyl sites for hydroxylation is 2. The Morgan fingerprint density at radius 2 is 2.21 bits per heavy atom. The lowest BCUT2D eigenvalue weighted by Crippen LogP contribution is -2.21. The molecule has 0 bridgehead atoms. The molecular formula is C13H19ClN4S. The standard InChI is InChI=1S/C13H19ClN4S/c1-9-11(7-15-2)13(18(4)16-9)17(3)8-10-5-6-12(14)19-10/h5-6,15H,7-8H2,1-4H3. The normalized spacial score (nSPS) is 11.0. The van der Waals surface area contributed by atoms with Gasteiger partial charge in [-0.15, -0.1) is 11.3 Å². The minimum absolute atomic E-state index is 0.824. The van der Waals surface area contributed by atoms with E-state index >= 15 is 0 Å². The van der Waals surface area contributed by atoms with Crippen molar-refractivity contribution in [3.8, 4) is 0 Å². The number of nitrogens with zero attached hydrogens (tertiary/aromatic N) is 3. The highest BCUT2D eigenvalue weighted by Crippen LogP contribution is 2.27. The third-order valence-electron chi connectivity index (χ3n) is 3.05. The fourth-order valence-corrected chi connectivity index (χ4v) is 3.44. The number of aromatic nitrogens is 2. The summed E-state index contributed by atoms with van der Waals surface area (Å²) in [6.07, 6.45) is 0. The first-order chi connectivity index (χ1) is 9.02. The molecule has 0 radical (unpaired) electrons. The molecule has 0 unspecified atom stereocenters. The molecule has 0 aliphatic rings. The van der Waals surface area contributed by atoms with Crippen LogP contribution in [0.2, 0.25) is 4.34 Å². The molecule has 104 valence electrons. The fourth-order valence-electron chi connectivity index (χ4n) is 2.30. The molecule has 19 heavy (non-hydrogen) atoms. The number of hydrogen-bond donors (Lipinski definition) is 1. The summed E-state index contributed by atoms with van der Waals surface area (Å²) in [4.78, 5) is 3.47. The summed E-state index contributed by atoms with van der Waals surface area (Å²) in [6, 6.07) is 4.02. The van der Waals surface area contributed by atoms with Crippen molar-refractivity contribution in [2.24, 2.45) is 7.05 Å². The Bertz CT molecular complexity index is 561. The maximum Gasteiger partial charge on any atom is 0.131 e. The Morgan fingerprint density at radius 3 is 2.79 bits per heavy atom. The maximum atomic E-state index is 5.98. The highest BCUT2D eigenvalue weighted by Gasteiger charge is 2.16. The first-order valence-electron chi connectivity index (χ1n) is 6.15. The van der Waals surface area contributed by atoms with E-state index in [-0.39, 0.29) is 0 Å². The van der Waals surface area contributed by atoms with Gasteiger partial charge in [0.05, 0.1) is 16.6 Å². The summed E-state index contributed by atoms with van der Waals surface area (Å²) in [6.45, 7) is 3.71. The molecule has 0 fully saturated rings. The Labute approximate surface area is 123 Å². The van der Waals surface area contributed by atoms with Crippen LogP contribution in [-0.2, 0) is 20.1 Å². The van der Waals surface area contributed by atoms with Gasteiger partial charge in [0, 0.05) is 31.1 Å². The predicted octanol–water partition coefficient (Wildman–Crippen LogP) is 2.80. The molecule has 0 aromatic carbocycles. The summed E-state index contributed by atoms with van der Waals surface area (Å²) in [7, 11) is 6.03. The lowest BCUT2D eigenvalue weighted by Gasteiger charge is -2.20. The third-order valence-corrected chi connectivity index (χ3v) is 4.27. The largest absolute Gasteiger partial charge is 0.354 e. The molecule has 0 aliphatic heterocycles. The summed E-state index contributed by atoms with van der Waals surface area (Å²) in [5, 5.41) is 7.71. The molecule has 0 atom stereocenters. The van der Waals surface area contributed by atoms with E-state index < -0.39 is 0 Å². The highest BCUT2D eigenvalue weighted by molar-refractivity contribution is 7.16. The molecule has 0 saturated carbocycles. The number of halogens is 1. The minimum atomic E-state index is 0.824. The molecule has 0 amide bonds. The minimum Gasteiger partial charge on any atom is -0.354 e. The topological polar surface area (TPSA) is 33.1 Å². The van der Waals surface area contributed by atoms with Crippen LogP contribution in [0.3, 0.4) is 0 Å². The number of rotatable bonds is 5. The molecule has 4 nitrogen and oxygen atoms in total. The van der Waals surface area contributed by atoms with E-state index in [4.69, 9.17) is 11.6 Å².